The van der Waals surface area contributed by atoms with E-state index in [0.717, 1.165) is 5.56 Å². The van der Waals surface area contributed by atoms with E-state index >= 15 is 0 Å². The zero-order valence-corrected chi connectivity index (χ0v) is 12.3. The quantitative estimate of drug-likeness (QED) is 0.858. The molecule has 0 aliphatic carbocycles. The first-order valence-corrected chi connectivity index (χ1v) is 6.89. The largest absolute Gasteiger partial charge is 0.482 e. The molecule has 0 fully saturated rings. The molecular formula is C16H14ClNO4. The molecule has 2 aromatic rings. The van der Waals surface area contributed by atoms with Crippen LogP contribution < -0.4 is 10.1 Å². The van der Waals surface area contributed by atoms with Crippen LogP contribution >= 0.6 is 11.6 Å². The molecule has 0 saturated heterocycles. The lowest BCUT2D eigenvalue weighted by Crippen LogP contribution is -2.14. The Morgan fingerprint density at radius 1 is 1.14 bits per heavy atom. The highest BCUT2D eigenvalue weighted by Crippen LogP contribution is 2.18. The fourth-order valence-corrected chi connectivity index (χ4v) is 1.93. The predicted molar refractivity (Wildman–Crippen MR) is 83.4 cm³/mol. The number of amides is 1. The van der Waals surface area contributed by atoms with Crippen LogP contribution in [0.1, 0.15) is 5.56 Å². The molecule has 0 aliphatic rings. The standard InChI is InChI=1S/C16H14ClNO4/c17-12-6-4-11(5-7-12)8-15(19)18-13-2-1-3-14(9-13)22-10-16(20)21/h1-7,9H,8,10H2,(H,18,19)(H,20,21). The maximum absolute atomic E-state index is 12.0. The zero-order chi connectivity index (χ0) is 15.9. The summed E-state index contributed by atoms with van der Waals surface area (Å²) in [5.41, 5.74) is 1.39. The molecule has 2 N–H and O–H groups in total. The van der Waals surface area contributed by atoms with Gasteiger partial charge in [-0.3, -0.25) is 4.79 Å². The summed E-state index contributed by atoms with van der Waals surface area (Å²) in [6.45, 7) is -0.428. The van der Waals surface area contributed by atoms with Gasteiger partial charge in [-0.1, -0.05) is 29.8 Å². The van der Waals surface area contributed by atoms with Crippen molar-refractivity contribution in [1.82, 2.24) is 0 Å². The molecule has 0 atom stereocenters. The van der Waals surface area contributed by atoms with Gasteiger partial charge < -0.3 is 15.2 Å². The fraction of sp³-hybridized carbons (Fsp3) is 0.125. The average molecular weight is 320 g/mol. The van der Waals surface area contributed by atoms with Crippen molar-refractivity contribution in [1.29, 1.82) is 0 Å². The highest BCUT2D eigenvalue weighted by molar-refractivity contribution is 6.30. The van der Waals surface area contributed by atoms with Crippen LogP contribution in [0.5, 0.6) is 5.75 Å². The lowest BCUT2D eigenvalue weighted by molar-refractivity contribution is -0.139. The summed E-state index contributed by atoms with van der Waals surface area (Å²) in [6.07, 6.45) is 0.220. The predicted octanol–water partition coefficient (Wildman–Crippen LogP) is 2.98. The van der Waals surface area contributed by atoms with E-state index in [2.05, 4.69) is 5.32 Å². The van der Waals surface area contributed by atoms with E-state index in [-0.39, 0.29) is 12.3 Å². The number of carbonyl (C=O) groups excluding carboxylic acids is 1. The van der Waals surface area contributed by atoms with Gasteiger partial charge in [0.25, 0.3) is 0 Å². The molecule has 0 radical (unpaired) electrons. The highest BCUT2D eigenvalue weighted by atomic mass is 35.5. The summed E-state index contributed by atoms with van der Waals surface area (Å²) >= 11 is 5.79. The monoisotopic (exact) mass is 319 g/mol. The van der Waals surface area contributed by atoms with E-state index in [9.17, 15) is 9.59 Å². The van der Waals surface area contributed by atoms with Crippen LogP contribution in [0.2, 0.25) is 5.02 Å². The van der Waals surface area contributed by atoms with Gasteiger partial charge in [0.2, 0.25) is 5.91 Å². The van der Waals surface area contributed by atoms with Crippen LogP contribution in [-0.4, -0.2) is 23.6 Å². The lowest BCUT2D eigenvalue weighted by Gasteiger charge is -2.08. The summed E-state index contributed by atoms with van der Waals surface area (Å²) in [5.74, 6) is -0.860. The normalized spacial score (nSPS) is 10.0. The van der Waals surface area contributed by atoms with Crippen molar-refractivity contribution < 1.29 is 19.4 Å². The number of benzene rings is 2. The summed E-state index contributed by atoms with van der Waals surface area (Å²) in [6, 6.07) is 13.6. The fourth-order valence-electron chi connectivity index (χ4n) is 1.80. The number of aliphatic carboxylic acids is 1. The molecule has 2 rings (SSSR count). The first-order valence-electron chi connectivity index (χ1n) is 6.52. The minimum absolute atomic E-state index is 0.183. The third-order valence-electron chi connectivity index (χ3n) is 2.76. The van der Waals surface area contributed by atoms with E-state index in [1.165, 1.54) is 0 Å². The molecule has 2 aromatic carbocycles. The number of anilines is 1. The van der Waals surface area contributed by atoms with Crippen LogP contribution in [0.15, 0.2) is 48.5 Å². The Morgan fingerprint density at radius 2 is 1.86 bits per heavy atom. The summed E-state index contributed by atoms with van der Waals surface area (Å²) in [4.78, 5) is 22.4. The lowest BCUT2D eigenvalue weighted by atomic mass is 10.1. The maximum Gasteiger partial charge on any atom is 0.341 e. The molecule has 1 amide bonds. The second-order valence-corrected chi connectivity index (χ2v) is 5.00. The number of ether oxygens (including phenoxy) is 1. The summed E-state index contributed by atoms with van der Waals surface area (Å²) in [7, 11) is 0. The molecule has 0 spiro atoms. The third kappa shape index (κ3) is 5.10. The van der Waals surface area contributed by atoms with Crippen molar-refractivity contribution in [3.8, 4) is 5.75 Å². The van der Waals surface area contributed by atoms with Crippen molar-refractivity contribution in [2.24, 2.45) is 0 Å². The van der Waals surface area contributed by atoms with Gasteiger partial charge in [-0.15, -0.1) is 0 Å². The molecule has 114 valence electrons. The topological polar surface area (TPSA) is 75.6 Å². The van der Waals surface area contributed by atoms with Gasteiger partial charge in [-0.05, 0) is 29.8 Å². The Kier molecular flexibility index (Phi) is 5.38. The number of hydrogen-bond acceptors (Lipinski definition) is 3. The van der Waals surface area contributed by atoms with Gasteiger partial charge in [0.15, 0.2) is 6.61 Å². The van der Waals surface area contributed by atoms with E-state index < -0.39 is 12.6 Å². The summed E-state index contributed by atoms with van der Waals surface area (Å²) in [5, 5.41) is 11.9. The second kappa shape index (κ2) is 7.47. The van der Waals surface area contributed by atoms with Crippen LogP contribution in [0.3, 0.4) is 0 Å². The van der Waals surface area contributed by atoms with Crippen molar-refractivity contribution in [3.63, 3.8) is 0 Å². The van der Waals surface area contributed by atoms with Crippen LogP contribution in [-0.2, 0) is 16.0 Å². The van der Waals surface area contributed by atoms with E-state index in [4.69, 9.17) is 21.4 Å². The van der Waals surface area contributed by atoms with Gasteiger partial charge in [0.1, 0.15) is 5.75 Å². The highest BCUT2D eigenvalue weighted by Gasteiger charge is 2.06. The molecule has 0 unspecified atom stereocenters. The van der Waals surface area contributed by atoms with Gasteiger partial charge in [0, 0.05) is 16.8 Å². The van der Waals surface area contributed by atoms with Crippen molar-refractivity contribution in [2.75, 3.05) is 11.9 Å². The van der Waals surface area contributed by atoms with Gasteiger partial charge in [-0.2, -0.15) is 0 Å². The number of carbonyl (C=O) groups is 2. The minimum atomic E-state index is -1.06. The Balaban J connectivity index is 1.94. The average Bonchev–Trinajstić information content (AvgIpc) is 2.48. The number of carboxylic acids is 1. The van der Waals surface area contributed by atoms with Crippen LogP contribution in [0, 0.1) is 0 Å². The third-order valence-corrected chi connectivity index (χ3v) is 3.01. The summed E-state index contributed by atoms with van der Waals surface area (Å²) < 4.78 is 5.06. The SMILES string of the molecule is O=C(O)COc1cccc(NC(=O)Cc2ccc(Cl)cc2)c1. The van der Waals surface area contributed by atoms with Gasteiger partial charge >= 0.3 is 5.97 Å². The molecule has 0 bridgehead atoms. The van der Waals surface area contributed by atoms with E-state index in [0.29, 0.717) is 16.5 Å². The molecule has 0 saturated carbocycles. The first-order chi connectivity index (χ1) is 10.5. The van der Waals surface area contributed by atoms with E-state index in [1.54, 1.807) is 48.5 Å². The molecule has 5 nitrogen and oxygen atoms in total. The number of carboxylic acid groups (broad SMARTS) is 1. The molecule has 0 aromatic heterocycles. The number of hydrogen-bond donors (Lipinski definition) is 2. The van der Waals surface area contributed by atoms with Crippen LogP contribution in [0.25, 0.3) is 0 Å². The van der Waals surface area contributed by atoms with Crippen LogP contribution in [0.4, 0.5) is 5.69 Å². The smallest absolute Gasteiger partial charge is 0.341 e. The first kappa shape index (κ1) is 15.9. The number of nitrogens with one attached hydrogen (secondary N) is 1. The molecule has 6 heteroatoms. The van der Waals surface area contributed by atoms with Gasteiger partial charge in [0.05, 0.1) is 6.42 Å². The van der Waals surface area contributed by atoms with Gasteiger partial charge in [-0.25, -0.2) is 4.79 Å². The number of rotatable bonds is 6. The molecule has 22 heavy (non-hydrogen) atoms. The zero-order valence-electron chi connectivity index (χ0n) is 11.6. The minimum Gasteiger partial charge on any atom is -0.482 e. The Morgan fingerprint density at radius 3 is 2.55 bits per heavy atom. The van der Waals surface area contributed by atoms with Crippen molar-refractivity contribution in [2.45, 2.75) is 6.42 Å². The van der Waals surface area contributed by atoms with Crippen molar-refractivity contribution >= 4 is 29.2 Å². The second-order valence-electron chi connectivity index (χ2n) is 4.56. The molecule has 0 heterocycles. The molecular weight excluding hydrogens is 306 g/mol. The van der Waals surface area contributed by atoms with Crippen molar-refractivity contribution in [3.05, 3.63) is 59.1 Å². The Bertz CT molecular complexity index is 670. The maximum atomic E-state index is 12.0. The Labute approximate surface area is 132 Å². The number of halogens is 1. The molecule has 0 aliphatic heterocycles. The van der Waals surface area contributed by atoms with E-state index in [1.807, 2.05) is 0 Å². The Hall–Kier alpha value is -2.53.